The summed E-state index contributed by atoms with van der Waals surface area (Å²) in [6.45, 7) is 0.986. The fourth-order valence-electron chi connectivity index (χ4n) is 4.03. The zero-order chi connectivity index (χ0) is 24.7. The van der Waals surface area contributed by atoms with E-state index in [1.54, 1.807) is 24.4 Å². The summed E-state index contributed by atoms with van der Waals surface area (Å²) >= 11 is 6.97. The molecule has 3 heterocycles. The van der Waals surface area contributed by atoms with Gasteiger partial charge in [0.1, 0.15) is 0 Å². The van der Waals surface area contributed by atoms with Crippen molar-refractivity contribution in [2.75, 3.05) is 13.1 Å². The first kappa shape index (κ1) is 23.9. The van der Waals surface area contributed by atoms with Crippen LogP contribution in [0.1, 0.15) is 16.7 Å². The van der Waals surface area contributed by atoms with Crippen molar-refractivity contribution in [3.8, 4) is 0 Å². The van der Waals surface area contributed by atoms with Crippen LogP contribution < -0.4 is 10.6 Å². The number of hydrogen-bond donors (Lipinski definition) is 3. The molecule has 2 aliphatic rings. The van der Waals surface area contributed by atoms with E-state index in [0.717, 1.165) is 17.0 Å². The molecular weight excluding hydrogens is 503 g/mol. The third-order valence-electron chi connectivity index (χ3n) is 5.77. The molecule has 0 saturated carbocycles. The molecule has 2 aliphatic heterocycles. The van der Waals surface area contributed by atoms with Gasteiger partial charge in [-0.05, 0) is 53.2 Å². The van der Waals surface area contributed by atoms with Gasteiger partial charge in [-0.2, -0.15) is 23.3 Å². The maximum Gasteiger partial charge on any atom is 0.416 e. The number of halogens is 4. The third-order valence-corrected chi connectivity index (χ3v) is 6.92. The molecule has 1 amide bonds. The maximum absolute atomic E-state index is 13.5. The Morgan fingerprint density at radius 2 is 2.09 bits per heavy atom. The molecule has 0 bridgehead atoms. The van der Waals surface area contributed by atoms with Crippen molar-refractivity contribution in [1.29, 1.82) is 0 Å². The molecule has 35 heavy (non-hydrogen) atoms. The van der Waals surface area contributed by atoms with Gasteiger partial charge in [-0.15, -0.1) is 0 Å². The predicted molar refractivity (Wildman–Crippen MR) is 129 cm³/mol. The second kappa shape index (κ2) is 9.30. The van der Waals surface area contributed by atoms with Crippen LogP contribution in [0, 0.1) is 0 Å². The summed E-state index contributed by atoms with van der Waals surface area (Å²) in [6.07, 6.45) is -1.81. The minimum absolute atomic E-state index is 0.0156. The monoisotopic (exact) mass is 521 g/mol. The van der Waals surface area contributed by atoms with Gasteiger partial charge >= 0.3 is 6.18 Å². The molecule has 5 rings (SSSR count). The lowest BCUT2D eigenvalue weighted by molar-refractivity contribution is -0.138. The Hall–Kier alpha value is -2.86. The van der Waals surface area contributed by atoms with E-state index in [2.05, 4.69) is 20.7 Å². The highest BCUT2D eigenvalue weighted by atomic mass is 35.5. The summed E-state index contributed by atoms with van der Waals surface area (Å²) in [5.74, 6) is -0.379. The number of aromatic nitrogens is 2. The van der Waals surface area contributed by atoms with Gasteiger partial charge in [-0.3, -0.25) is 9.48 Å². The predicted octanol–water partition coefficient (Wildman–Crippen LogP) is 3.65. The second-order valence-electron chi connectivity index (χ2n) is 8.23. The van der Waals surface area contributed by atoms with E-state index in [9.17, 15) is 23.1 Å². The number of thioether (sulfide) groups is 1. The zero-order valence-electron chi connectivity index (χ0n) is 18.0. The summed E-state index contributed by atoms with van der Waals surface area (Å²) in [7, 11) is 0. The Morgan fingerprint density at radius 1 is 1.26 bits per heavy atom. The third kappa shape index (κ3) is 5.08. The quantitative estimate of drug-likeness (QED) is 0.454. The number of aliphatic hydroxyl groups excluding tert-OH is 1. The molecule has 1 aromatic heterocycles. The first-order valence-electron chi connectivity index (χ1n) is 10.7. The lowest BCUT2D eigenvalue weighted by Gasteiger charge is -2.15. The number of nitrogens with one attached hydrogen (secondary N) is 2. The Balaban J connectivity index is 1.35. The number of amides is 1. The van der Waals surface area contributed by atoms with Crippen LogP contribution in [0.25, 0.3) is 17.0 Å². The first-order chi connectivity index (χ1) is 16.7. The lowest BCUT2D eigenvalue weighted by atomic mass is 10.1. The fourth-order valence-corrected chi connectivity index (χ4v) is 5.07. The number of carbonyl (C=O) groups is 1. The molecule has 2 aromatic carbocycles. The van der Waals surface area contributed by atoms with Gasteiger partial charge in [0.25, 0.3) is 5.91 Å². The molecule has 1 fully saturated rings. The molecule has 12 heteroatoms. The van der Waals surface area contributed by atoms with Crippen molar-refractivity contribution in [3.05, 3.63) is 69.2 Å². The second-order valence-corrected chi connectivity index (χ2v) is 9.70. The average Bonchev–Trinajstić information content (AvgIpc) is 3.48. The smallest absolute Gasteiger partial charge is 0.390 e. The molecule has 0 radical (unpaired) electrons. The van der Waals surface area contributed by atoms with Gasteiger partial charge in [0.05, 0.1) is 40.9 Å². The number of β-amino-alcohol motifs (C(OH)–C–C–N with tert-alkyl or cyclic N) is 1. The average molecular weight is 522 g/mol. The normalized spacial score (nSPS) is 21.8. The number of amidine groups is 1. The van der Waals surface area contributed by atoms with Crippen LogP contribution in [0.3, 0.4) is 0 Å². The molecule has 3 N–H and O–H groups in total. The van der Waals surface area contributed by atoms with Crippen LogP contribution in [0.5, 0.6) is 0 Å². The molecular formula is C23H19ClF3N5O2S. The van der Waals surface area contributed by atoms with Crippen LogP contribution in [0.4, 0.5) is 13.2 Å². The first-order valence-corrected chi connectivity index (χ1v) is 11.9. The van der Waals surface area contributed by atoms with E-state index in [4.69, 9.17) is 11.6 Å². The topological polar surface area (TPSA) is 91.5 Å². The van der Waals surface area contributed by atoms with Crippen molar-refractivity contribution < 1.29 is 23.1 Å². The van der Waals surface area contributed by atoms with Gasteiger partial charge < -0.3 is 15.7 Å². The highest BCUT2D eigenvalue weighted by Crippen LogP contribution is 2.35. The number of benzene rings is 2. The SMILES string of the molecule is O=C1N=C(N[C@@H]2CNC[C@H]2O)SC1=Cc1ccc2c(cnn2Cc2ccc(Cl)cc2C(F)(F)F)c1. The molecule has 7 nitrogen and oxygen atoms in total. The number of alkyl halides is 3. The van der Waals surface area contributed by atoms with Gasteiger partial charge in [-0.1, -0.05) is 23.7 Å². The summed E-state index contributed by atoms with van der Waals surface area (Å²) < 4.78 is 41.9. The van der Waals surface area contributed by atoms with E-state index in [-0.39, 0.29) is 29.1 Å². The van der Waals surface area contributed by atoms with E-state index in [1.165, 1.54) is 28.6 Å². The van der Waals surface area contributed by atoms with E-state index in [0.29, 0.717) is 28.7 Å². The molecule has 3 aromatic rings. The molecule has 0 aliphatic carbocycles. The Bertz CT molecular complexity index is 1370. The van der Waals surface area contributed by atoms with Crippen LogP contribution in [0.15, 0.2) is 52.5 Å². The standard InChI is InChI=1S/C23H19ClF3N5O2S/c24-15-3-2-13(16(7-15)23(25,26)27)11-32-18-4-1-12(5-14(18)8-29-32)6-20-21(34)31-22(35-20)30-17-9-28-10-19(17)33/h1-8,17,19,28,33H,9-11H2,(H,30,31,34)/t17-,19-/m1/s1. The largest absolute Gasteiger partial charge is 0.416 e. The summed E-state index contributed by atoms with van der Waals surface area (Å²) in [5, 5.41) is 21.5. The Kier molecular flexibility index (Phi) is 6.34. The minimum atomic E-state index is -4.53. The molecule has 1 saturated heterocycles. The fraction of sp³-hybridized carbons (Fsp3) is 0.261. The highest BCUT2D eigenvalue weighted by molar-refractivity contribution is 8.18. The lowest BCUT2D eigenvalue weighted by Crippen LogP contribution is -2.41. The summed E-state index contributed by atoms with van der Waals surface area (Å²) in [4.78, 5) is 16.8. The van der Waals surface area contributed by atoms with E-state index >= 15 is 0 Å². The number of aliphatic imine (C=N–C) groups is 1. The zero-order valence-corrected chi connectivity index (χ0v) is 19.6. The van der Waals surface area contributed by atoms with Gasteiger partial charge in [-0.25, -0.2) is 0 Å². The Labute approximate surface area is 207 Å². The summed E-state index contributed by atoms with van der Waals surface area (Å²) in [5.41, 5.74) is 0.652. The van der Waals surface area contributed by atoms with Gasteiger partial charge in [0.15, 0.2) is 5.17 Å². The van der Waals surface area contributed by atoms with Crippen molar-refractivity contribution in [1.82, 2.24) is 20.4 Å². The Morgan fingerprint density at radius 3 is 2.83 bits per heavy atom. The number of aliphatic hydroxyl groups is 1. The van der Waals surface area contributed by atoms with E-state index in [1.807, 2.05) is 6.07 Å². The van der Waals surface area contributed by atoms with Gasteiger partial charge in [0.2, 0.25) is 0 Å². The van der Waals surface area contributed by atoms with Crippen LogP contribution >= 0.6 is 23.4 Å². The highest BCUT2D eigenvalue weighted by Gasteiger charge is 2.34. The summed E-state index contributed by atoms with van der Waals surface area (Å²) in [6, 6.07) is 8.81. The van der Waals surface area contributed by atoms with E-state index < -0.39 is 17.8 Å². The molecule has 2 atom stereocenters. The van der Waals surface area contributed by atoms with Crippen molar-refractivity contribution in [3.63, 3.8) is 0 Å². The number of rotatable bonds is 4. The van der Waals surface area contributed by atoms with Crippen molar-refractivity contribution in [2.24, 2.45) is 4.99 Å². The minimum Gasteiger partial charge on any atom is -0.390 e. The molecule has 182 valence electrons. The van der Waals surface area contributed by atoms with Gasteiger partial charge in [0, 0.05) is 23.5 Å². The molecule has 0 spiro atoms. The maximum atomic E-state index is 13.5. The molecule has 0 unspecified atom stereocenters. The number of fused-ring (bicyclic) bond motifs is 1. The van der Waals surface area contributed by atoms with Crippen LogP contribution in [-0.2, 0) is 17.5 Å². The number of nitrogens with zero attached hydrogens (tertiary/aromatic N) is 3. The van der Waals surface area contributed by atoms with Crippen molar-refractivity contribution >= 4 is 51.4 Å². The van der Waals surface area contributed by atoms with Crippen LogP contribution in [0.2, 0.25) is 5.02 Å². The number of hydrogen-bond acceptors (Lipinski definition) is 6. The van der Waals surface area contributed by atoms with Crippen LogP contribution in [-0.4, -0.2) is 51.2 Å². The number of carbonyl (C=O) groups excluding carboxylic acids is 1. The van der Waals surface area contributed by atoms with Crippen molar-refractivity contribution in [2.45, 2.75) is 24.9 Å².